The number of rotatable bonds is 9. The highest BCUT2D eigenvalue weighted by Gasteiger charge is 2.55. The van der Waals surface area contributed by atoms with E-state index in [-0.39, 0.29) is 41.3 Å². The van der Waals surface area contributed by atoms with E-state index in [1.807, 2.05) is 0 Å². The molecule has 0 saturated heterocycles. The molecule has 2 N–H and O–H groups in total. The van der Waals surface area contributed by atoms with Gasteiger partial charge in [0.15, 0.2) is 11.4 Å². The molecule has 0 radical (unpaired) electrons. The number of anilines is 1. The summed E-state index contributed by atoms with van der Waals surface area (Å²) in [6.07, 6.45) is 3.22. The predicted octanol–water partition coefficient (Wildman–Crippen LogP) is 3.82. The molecule has 9 nitrogen and oxygen atoms in total. The zero-order chi connectivity index (χ0) is 29.7. The van der Waals surface area contributed by atoms with Gasteiger partial charge in [-0.15, -0.1) is 0 Å². The average Bonchev–Trinajstić information content (AvgIpc) is 3.36. The fraction of sp³-hybridized carbons (Fsp3) is 0.519. The smallest absolute Gasteiger partial charge is 0.419 e. The highest BCUT2D eigenvalue weighted by molar-refractivity contribution is 7.90. The molecule has 2 aromatic rings. The van der Waals surface area contributed by atoms with Crippen molar-refractivity contribution in [3.63, 3.8) is 0 Å². The third kappa shape index (κ3) is 6.26. The van der Waals surface area contributed by atoms with Gasteiger partial charge in [-0.25, -0.2) is 12.8 Å². The molecule has 3 saturated carbocycles. The number of methoxy groups -OCH3 is 1. The van der Waals surface area contributed by atoms with Gasteiger partial charge in [-0.05, 0) is 55.7 Å². The number of benzene rings is 1. The second-order valence-corrected chi connectivity index (χ2v) is 13.2. The lowest BCUT2D eigenvalue weighted by Gasteiger charge is -2.30. The standard InChI is InChI=1S/C27H30F4N4O5S/c1-40-21-13-35(9-10-41(2,38)39)34-24(21)26(37)33-23-17-7-6-16(18(17)11-14-3-4-14)22(23)25(36)32-15-5-8-20(28)19(12-15)27(29,30)31/h5,8,11-14,16-17,22-23H,3-4,6-7,9-10H2,1-2H3,(H,32,36)(H,33,37)/b18-11-/t16-,17+,22-,23+/m0/s1. The fourth-order valence-electron chi connectivity index (χ4n) is 5.91. The van der Waals surface area contributed by atoms with Crippen LogP contribution in [-0.4, -0.2) is 55.2 Å². The normalized spacial score (nSPS) is 25.0. The van der Waals surface area contributed by atoms with Crippen LogP contribution in [0.4, 0.5) is 23.2 Å². The minimum absolute atomic E-state index is 0.00743. The summed E-state index contributed by atoms with van der Waals surface area (Å²) in [4.78, 5) is 27.0. The molecular formula is C27H30F4N4O5S. The third-order valence-corrected chi connectivity index (χ3v) is 8.87. The summed E-state index contributed by atoms with van der Waals surface area (Å²) in [5, 5.41) is 9.63. The SMILES string of the molecule is COc1cn(CCS(C)(=O)=O)nc1C(=O)N[C@H]1[C@@H](C(=O)Nc2ccc(F)c(C(F)(F)F)c2)[C@H]2CC[C@@H]1/C2=C\C1CC1. The summed E-state index contributed by atoms with van der Waals surface area (Å²) in [5.41, 5.74) is -0.695. The molecule has 14 heteroatoms. The molecule has 41 heavy (non-hydrogen) atoms. The van der Waals surface area contributed by atoms with Crippen LogP contribution in [0.1, 0.15) is 41.7 Å². The van der Waals surface area contributed by atoms with E-state index < -0.39 is 51.2 Å². The highest BCUT2D eigenvalue weighted by atomic mass is 32.2. The number of carbonyl (C=O) groups is 2. The molecule has 2 amide bonds. The molecule has 222 valence electrons. The van der Waals surface area contributed by atoms with Gasteiger partial charge in [-0.1, -0.05) is 11.6 Å². The number of amides is 2. The first kappa shape index (κ1) is 29.1. The van der Waals surface area contributed by atoms with Crippen molar-refractivity contribution in [2.45, 2.75) is 44.4 Å². The summed E-state index contributed by atoms with van der Waals surface area (Å²) < 4.78 is 83.3. The number of aromatic nitrogens is 2. The van der Waals surface area contributed by atoms with Crippen molar-refractivity contribution >= 4 is 27.3 Å². The van der Waals surface area contributed by atoms with Crippen LogP contribution in [0.5, 0.6) is 5.75 Å². The molecular weight excluding hydrogens is 568 g/mol. The second-order valence-electron chi connectivity index (χ2n) is 10.9. The number of carbonyl (C=O) groups excluding carboxylic acids is 2. The summed E-state index contributed by atoms with van der Waals surface area (Å²) >= 11 is 0. The summed E-state index contributed by atoms with van der Waals surface area (Å²) in [5.74, 6) is -3.43. The average molecular weight is 599 g/mol. The predicted molar refractivity (Wildman–Crippen MR) is 140 cm³/mol. The van der Waals surface area contributed by atoms with E-state index in [1.54, 1.807) is 0 Å². The zero-order valence-electron chi connectivity index (χ0n) is 22.4. The van der Waals surface area contributed by atoms with Gasteiger partial charge in [0.1, 0.15) is 15.7 Å². The molecule has 1 aromatic carbocycles. The van der Waals surface area contributed by atoms with Crippen LogP contribution in [0, 0.1) is 29.5 Å². The minimum atomic E-state index is -4.93. The maximum atomic E-state index is 13.8. The Hall–Kier alpha value is -3.42. The van der Waals surface area contributed by atoms with Gasteiger partial charge in [0, 0.05) is 23.9 Å². The minimum Gasteiger partial charge on any atom is -0.493 e. The van der Waals surface area contributed by atoms with E-state index in [2.05, 4.69) is 21.8 Å². The lowest BCUT2D eigenvalue weighted by molar-refractivity contribution is -0.140. The number of sulfone groups is 1. The molecule has 0 aliphatic heterocycles. The summed E-state index contributed by atoms with van der Waals surface area (Å²) in [6.45, 7) is 0.00743. The Morgan fingerprint density at radius 2 is 1.88 bits per heavy atom. The Morgan fingerprint density at radius 3 is 2.51 bits per heavy atom. The zero-order valence-corrected chi connectivity index (χ0v) is 23.2. The second kappa shape index (κ2) is 10.8. The Bertz CT molecular complexity index is 1500. The molecule has 3 aliphatic rings. The fourth-order valence-corrected chi connectivity index (χ4v) is 6.43. The number of ether oxygens (including phenoxy) is 1. The van der Waals surface area contributed by atoms with Crippen molar-refractivity contribution in [1.82, 2.24) is 15.1 Å². The van der Waals surface area contributed by atoms with Crippen molar-refractivity contribution in [2.75, 3.05) is 24.4 Å². The molecule has 4 atom stereocenters. The molecule has 5 rings (SSSR count). The van der Waals surface area contributed by atoms with E-state index in [0.717, 1.165) is 37.2 Å². The van der Waals surface area contributed by atoms with Gasteiger partial charge in [-0.3, -0.25) is 14.3 Å². The number of fused-ring (bicyclic) bond motifs is 2. The quantitative estimate of drug-likeness (QED) is 0.335. The Morgan fingerprint density at radius 1 is 1.17 bits per heavy atom. The number of allylic oxidation sites excluding steroid dienone is 1. The number of nitrogens with zero attached hydrogens (tertiary/aromatic N) is 2. The molecule has 0 unspecified atom stereocenters. The molecule has 2 bridgehead atoms. The number of hydrogen-bond acceptors (Lipinski definition) is 6. The number of halogens is 4. The maximum Gasteiger partial charge on any atom is 0.419 e. The summed E-state index contributed by atoms with van der Waals surface area (Å²) in [7, 11) is -1.94. The summed E-state index contributed by atoms with van der Waals surface area (Å²) in [6, 6.07) is 1.62. The molecule has 3 fully saturated rings. The first-order valence-corrected chi connectivity index (χ1v) is 15.3. The third-order valence-electron chi connectivity index (χ3n) is 7.94. The largest absolute Gasteiger partial charge is 0.493 e. The van der Waals surface area contributed by atoms with Gasteiger partial charge in [0.05, 0.1) is 37.1 Å². The lowest BCUT2D eigenvalue weighted by atomic mass is 9.83. The Kier molecular flexibility index (Phi) is 7.64. The van der Waals surface area contributed by atoms with Crippen LogP contribution in [0.25, 0.3) is 0 Å². The van der Waals surface area contributed by atoms with Gasteiger partial charge in [0.25, 0.3) is 5.91 Å². The molecule has 0 spiro atoms. The molecule has 1 heterocycles. The number of hydrogen-bond donors (Lipinski definition) is 2. The van der Waals surface area contributed by atoms with Crippen molar-refractivity contribution in [1.29, 1.82) is 0 Å². The van der Waals surface area contributed by atoms with Crippen molar-refractivity contribution in [2.24, 2.45) is 23.7 Å². The van der Waals surface area contributed by atoms with Gasteiger partial charge < -0.3 is 15.4 Å². The first-order valence-electron chi connectivity index (χ1n) is 13.2. The van der Waals surface area contributed by atoms with Crippen LogP contribution in [-0.2, 0) is 27.4 Å². The van der Waals surface area contributed by atoms with E-state index >= 15 is 0 Å². The maximum absolute atomic E-state index is 13.8. The van der Waals surface area contributed by atoms with Crippen LogP contribution in [0.3, 0.4) is 0 Å². The molecule has 3 aliphatic carbocycles. The Balaban J connectivity index is 1.40. The van der Waals surface area contributed by atoms with Crippen molar-refractivity contribution in [3.05, 3.63) is 53.1 Å². The number of aryl methyl sites for hydroxylation is 1. The van der Waals surface area contributed by atoms with Crippen LogP contribution < -0.4 is 15.4 Å². The van der Waals surface area contributed by atoms with E-state index in [9.17, 15) is 35.6 Å². The van der Waals surface area contributed by atoms with Crippen LogP contribution >= 0.6 is 0 Å². The lowest BCUT2D eigenvalue weighted by Crippen LogP contribution is -2.48. The topological polar surface area (TPSA) is 119 Å². The van der Waals surface area contributed by atoms with Crippen molar-refractivity contribution in [3.8, 4) is 5.75 Å². The van der Waals surface area contributed by atoms with Gasteiger partial charge in [-0.2, -0.15) is 18.3 Å². The van der Waals surface area contributed by atoms with Crippen LogP contribution in [0.2, 0.25) is 0 Å². The monoisotopic (exact) mass is 598 g/mol. The number of alkyl halides is 3. The van der Waals surface area contributed by atoms with E-state index in [1.165, 1.54) is 18.0 Å². The van der Waals surface area contributed by atoms with Gasteiger partial charge in [0.2, 0.25) is 5.91 Å². The first-order chi connectivity index (χ1) is 19.2. The Labute approximate surface area is 234 Å². The highest BCUT2D eigenvalue weighted by Crippen LogP contribution is 2.54. The van der Waals surface area contributed by atoms with Gasteiger partial charge >= 0.3 is 6.18 Å². The van der Waals surface area contributed by atoms with Crippen molar-refractivity contribution < 1.29 is 40.3 Å². The van der Waals surface area contributed by atoms with E-state index in [4.69, 9.17) is 4.74 Å². The van der Waals surface area contributed by atoms with E-state index in [0.29, 0.717) is 24.5 Å². The molecule has 1 aromatic heterocycles. The van der Waals surface area contributed by atoms with Crippen LogP contribution in [0.15, 0.2) is 36.0 Å². The number of nitrogens with one attached hydrogen (secondary N) is 2.